The maximum absolute atomic E-state index is 12.1. The van der Waals surface area contributed by atoms with Gasteiger partial charge < -0.3 is 15.4 Å². The van der Waals surface area contributed by atoms with Crippen molar-refractivity contribution in [3.8, 4) is 0 Å². The molecule has 27 heavy (non-hydrogen) atoms. The first-order chi connectivity index (χ1) is 12.6. The average molecular weight is 514 g/mol. The van der Waals surface area contributed by atoms with Crippen molar-refractivity contribution in [2.75, 3.05) is 39.0 Å². The molecule has 1 atom stereocenters. The van der Waals surface area contributed by atoms with E-state index >= 15 is 0 Å². The summed E-state index contributed by atoms with van der Waals surface area (Å²) in [6, 6.07) is 1.89. The van der Waals surface area contributed by atoms with E-state index in [9.17, 15) is 8.42 Å². The number of aryl methyl sites for hydroxylation is 1. The van der Waals surface area contributed by atoms with Crippen LogP contribution >= 0.6 is 24.0 Å². The van der Waals surface area contributed by atoms with Crippen molar-refractivity contribution < 1.29 is 13.2 Å². The molecule has 0 aromatic carbocycles. The molecular weight excluding hydrogens is 483 g/mol. The minimum absolute atomic E-state index is 0. The van der Waals surface area contributed by atoms with Crippen molar-refractivity contribution in [2.45, 2.75) is 38.3 Å². The van der Waals surface area contributed by atoms with Crippen LogP contribution in [0.3, 0.4) is 0 Å². The fraction of sp³-hybridized carbons (Fsp3) is 0.750. The molecule has 11 heteroatoms. The second-order valence-corrected chi connectivity index (χ2v) is 8.13. The van der Waals surface area contributed by atoms with Crippen LogP contribution in [-0.4, -0.2) is 69.3 Å². The van der Waals surface area contributed by atoms with E-state index in [0.29, 0.717) is 19.0 Å². The van der Waals surface area contributed by atoms with Crippen LogP contribution in [0.1, 0.15) is 25.7 Å². The van der Waals surface area contributed by atoms with Crippen LogP contribution in [0.5, 0.6) is 0 Å². The van der Waals surface area contributed by atoms with Crippen molar-refractivity contribution in [3.63, 3.8) is 0 Å². The van der Waals surface area contributed by atoms with E-state index in [-0.39, 0.29) is 35.8 Å². The Labute approximate surface area is 178 Å². The highest BCUT2D eigenvalue weighted by Crippen LogP contribution is 2.11. The summed E-state index contributed by atoms with van der Waals surface area (Å²) in [4.78, 5) is 4.10. The number of hydrogen-bond donors (Lipinski definition) is 3. The third-order valence-corrected chi connectivity index (χ3v) is 5.46. The molecule has 1 aliphatic rings. The molecule has 1 aliphatic heterocycles. The molecule has 3 N–H and O–H groups in total. The summed E-state index contributed by atoms with van der Waals surface area (Å²) in [5.74, 6) is 0.588. The van der Waals surface area contributed by atoms with Crippen molar-refractivity contribution in [1.82, 2.24) is 25.1 Å². The predicted octanol–water partition coefficient (Wildman–Crippen LogP) is 0.545. The van der Waals surface area contributed by atoms with Gasteiger partial charge in [-0.25, -0.2) is 13.1 Å². The van der Waals surface area contributed by atoms with Gasteiger partial charge in [0.05, 0.1) is 11.9 Å². The summed E-state index contributed by atoms with van der Waals surface area (Å²) in [5, 5.41) is 10.3. The molecule has 9 nitrogen and oxygen atoms in total. The Morgan fingerprint density at radius 1 is 1.33 bits per heavy atom. The number of guanidine groups is 1. The van der Waals surface area contributed by atoms with Gasteiger partial charge in [-0.1, -0.05) is 0 Å². The maximum atomic E-state index is 12.1. The molecule has 0 spiro atoms. The molecular formula is C16H31IN6O3S. The summed E-state index contributed by atoms with van der Waals surface area (Å²) in [6.07, 6.45) is 7.62. The minimum Gasteiger partial charge on any atom is -0.377 e. The lowest BCUT2D eigenvalue weighted by atomic mass is 10.1. The predicted molar refractivity (Wildman–Crippen MR) is 117 cm³/mol. The first-order valence-electron chi connectivity index (χ1n) is 9.10. The van der Waals surface area contributed by atoms with Gasteiger partial charge in [0, 0.05) is 52.2 Å². The minimum atomic E-state index is -3.33. The molecule has 2 heterocycles. The molecule has 2 rings (SSSR count). The van der Waals surface area contributed by atoms with Crippen LogP contribution < -0.4 is 15.4 Å². The third-order valence-electron chi connectivity index (χ3n) is 4.11. The number of ether oxygens (including phenoxy) is 1. The lowest BCUT2D eigenvalue weighted by Gasteiger charge is -2.22. The second-order valence-electron chi connectivity index (χ2n) is 6.20. The van der Waals surface area contributed by atoms with Crippen LogP contribution in [-0.2, 0) is 21.3 Å². The molecule has 0 aliphatic carbocycles. The first-order valence-corrected chi connectivity index (χ1v) is 10.8. The fourth-order valence-electron chi connectivity index (χ4n) is 2.67. The largest absolute Gasteiger partial charge is 0.377 e. The Kier molecular flexibility index (Phi) is 11.9. The number of sulfonamides is 1. The normalized spacial score (nSPS) is 18.0. The van der Waals surface area contributed by atoms with Gasteiger partial charge >= 0.3 is 0 Å². The van der Waals surface area contributed by atoms with Crippen molar-refractivity contribution in [2.24, 2.45) is 4.99 Å². The highest BCUT2D eigenvalue weighted by molar-refractivity contribution is 14.0. The Bertz CT molecular complexity index is 633. The maximum Gasteiger partial charge on any atom is 0.213 e. The highest BCUT2D eigenvalue weighted by atomic mass is 127. The van der Waals surface area contributed by atoms with E-state index in [2.05, 4.69) is 25.4 Å². The lowest BCUT2D eigenvalue weighted by molar-refractivity contribution is 0.0200. The van der Waals surface area contributed by atoms with E-state index in [1.54, 1.807) is 13.2 Å². The molecule has 0 saturated carbocycles. The number of nitrogens with one attached hydrogen (secondary N) is 3. The van der Waals surface area contributed by atoms with Crippen LogP contribution in [0.25, 0.3) is 0 Å². The molecule has 156 valence electrons. The van der Waals surface area contributed by atoms with Crippen molar-refractivity contribution in [3.05, 3.63) is 18.5 Å². The van der Waals surface area contributed by atoms with Gasteiger partial charge in [-0.3, -0.25) is 9.67 Å². The Morgan fingerprint density at radius 2 is 2.15 bits per heavy atom. The molecule has 1 aromatic heterocycles. The number of aromatic nitrogens is 2. The third kappa shape index (κ3) is 10.3. The van der Waals surface area contributed by atoms with Crippen LogP contribution in [0.4, 0.5) is 0 Å². The van der Waals surface area contributed by atoms with Gasteiger partial charge in [0.1, 0.15) is 0 Å². The van der Waals surface area contributed by atoms with Crippen molar-refractivity contribution in [1.29, 1.82) is 0 Å². The number of halogens is 1. The smallest absolute Gasteiger partial charge is 0.213 e. The molecule has 0 bridgehead atoms. The number of aliphatic imine (C=N–C) groups is 1. The van der Waals surface area contributed by atoms with Gasteiger partial charge in [0.2, 0.25) is 10.0 Å². The summed E-state index contributed by atoms with van der Waals surface area (Å²) < 4.78 is 34.1. The van der Waals surface area contributed by atoms with Gasteiger partial charge in [-0.15, -0.1) is 24.0 Å². The molecule has 0 amide bonds. The monoisotopic (exact) mass is 514 g/mol. The van der Waals surface area contributed by atoms with Crippen LogP contribution in [0, 0.1) is 0 Å². The summed E-state index contributed by atoms with van der Waals surface area (Å²) in [6.45, 7) is 2.90. The number of nitrogens with zero attached hydrogens (tertiary/aromatic N) is 3. The van der Waals surface area contributed by atoms with E-state index in [4.69, 9.17) is 4.74 Å². The molecule has 0 radical (unpaired) electrons. The zero-order valence-corrected chi connectivity index (χ0v) is 18.9. The second kappa shape index (κ2) is 13.3. The van der Waals surface area contributed by atoms with E-state index in [1.165, 1.54) is 0 Å². The SMILES string of the molecule is CN=C(NCCCn1cccn1)NCCS(=O)(=O)NCC1CCCCO1.I. The van der Waals surface area contributed by atoms with Gasteiger partial charge in [-0.2, -0.15) is 5.10 Å². The molecule has 1 unspecified atom stereocenters. The lowest BCUT2D eigenvalue weighted by Crippen LogP contribution is -2.42. The molecule has 1 fully saturated rings. The van der Waals surface area contributed by atoms with E-state index in [0.717, 1.165) is 45.4 Å². The summed E-state index contributed by atoms with van der Waals surface area (Å²) >= 11 is 0. The Morgan fingerprint density at radius 3 is 2.81 bits per heavy atom. The average Bonchev–Trinajstić information content (AvgIpc) is 3.16. The van der Waals surface area contributed by atoms with E-state index < -0.39 is 10.0 Å². The Hall–Kier alpha value is -0.920. The summed E-state index contributed by atoms with van der Waals surface area (Å²) in [5.41, 5.74) is 0. The topological polar surface area (TPSA) is 110 Å². The number of hydrogen-bond acceptors (Lipinski definition) is 5. The quantitative estimate of drug-likeness (QED) is 0.182. The zero-order chi connectivity index (χ0) is 18.7. The highest BCUT2D eigenvalue weighted by Gasteiger charge is 2.17. The van der Waals surface area contributed by atoms with Gasteiger partial charge in [-0.05, 0) is 31.7 Å². The fourth-order valence-corrected chi connectivity index (χ4v) is 3.62. The van der Waals surface area contributed by atoms with Crippen LogP contribution in [0.2, 0.25) is 0 Å². The summed E-state index contributed by atoms with van der Waals surface area (Å²) in [7, 11) is -1.66. The van der Waals surface area contributed by atoms with Gasteiger partial charge in [0.25, 0.3) is 0 Å². The molecule has 1 aromatic rings. The van der Waals surface area contributed by atoms with Gasteiger partial charge in [0.15, 0.2) is 5.96 Å². The zero-order valence-electron chi connectivity index (χ0n) is 15.8. The first kappa shape index (κ1) is 24.1. The van der Waals surface area contributed by atoms with Crippen molar-refractivity contribution >= 4 is 40.0 Å². The van der Waals surface area contributed by atoms with Crippen LogP contribution in [0.15, 0.2) is 23.5 Å². The number of rotatable bonds is 10. The standard InChI is InChI=1S/C16H30N6O3S.HI/c1-17-16(18-7-4-10-22-11-5-8-20-22)19-9-13-26(23,24)21-14-15-6-2-3-12-25-15;/h5,8,11,15,21H,2-4,6-7,9-10,12-14H2,1H3,(H2,17,18,19);1H. The van der Waals surface area contributed by atoms with E-state index in [1.807, 2.05) is 16.9 Å². The Balaban J connectivity index is 0.00000364. The molecule has 1 saturated heterocycles.